The maximum absolute atomic E-state index is 10.5. The van der Waals surface area contributed by atoms with Crippen molar-refractivity contribution in [2.45, 2.75) is 0 Å². The summed E-state index contributed by atoms with van der Waals surface area (Å²) in [6.45, 7) is 0. The molecule has 0 aliphatic carbocycles. The van der Waals surface area contributed by atoms with Crippen LogP contribution in [0.15, 0.2) is 29.0 Å². The predicted octanol–water partition coefficient (Wildman–Crippen LogP) is 1.66. The van der Waals surface area contributed by atoms with Crippen molar-refractivity contribution in [2.75, 3.05) is 0 Å². The summed E-state index contributed by atoms with van der Waals surface area (Å²) in [5, 5.41) is 10.5. The van der Waals surface area contributed by atoms with Crippen LogP contribution in [0.2, 0.25) is 0 Å². The Kier molecular flexibility index (Phi) is 3.81. The number of rotatable bonds is 0. The van der Waals surface area contributed by atoms with E-state index in [9.17, 15) is 5.21 Å². The van der Waals surface area contributed by atoms with Crippen LogP contribution in [0.5, 0.6) is 0 Å². The van der Waals surface area contributed by atoms with Gasteiger partial charge in [-0.1, -0.05) is 0 Å². The van der Waals surface area contributed by atoms with E-state index >= 15 is 0 Å². The van der Waals surface area contributed by atoms with E-state index in [1.54, 1.807) is 18.2 Å². The van der Waals surface area contributed by atoms with Gasteiger partial charge >= 0.3 is 0 Å². The highest BCUT2D eigenvalue weighted by atomic mass is 79.9. The van der Waals surface area contributed by atoms with Crippen molar-refractivity contribution >= 4 is 32.9 Å². The molecule has 0 atom stereocenters. The lowest BCUT2D eigenvalue weighted by Gasteiger charge is -1.93. The molecule has 50 valence electrons. The Morgan fingerprint density at radius 2 is 2.11 bits per heavy atom. The van der Waals surface area contributed by atoms with E-state index in [4.69, 9.17) is 0 Å². The lowest BCUT2D eigenvalue weighted by Crippen LogP contribution is -2.25. The van der Waals surface area contributed by atoms with Gasteiger partial charge in [-0.25, -0.2) is 0 Å². The van der Waals surface area contributed by atoms with Crippen LogP contribution < -0.4 is 4.73 Å². The number of nitrogens with zero attached hydrogens (tertiary/aromatic N) is 1. The Bertz CT molecular complexity index is 171. The van der Waals surface area contributed by atoms with Crippen molar-refractivity contribution in [1.29, 1.82) is 0 Å². The summed E-state index contributed by atoms with van der Waals surface area (Å²) in [4.78, 5) is 0. The molecule has 0 aliphatic heterocycles. The molecule has 0 bridgehead atoms. The van der Waals surface area contributed by atoms with Gasteiger partial charge in [-0.3, -0.25) is 0 Å². The number of halogens is 2. The van der Waals surface area contributed by atoms with Crippen LogP contribution in [0.25, 0.3) is 0 Å². The van der Waals surface area contributed by atoms with Crippen molar-refractivity contribution in [3.8, 4) is 0 Å². The fraction of sp³-hybridized carbons (Fsp3) is 0. The molecule has 1 rings (SSSR count). The maximum Gasteiger partial charge on any atom is 0.259 e. The van der Waals surface area contributed by atoms with Gasteiger partial charge in [0.25, 0.3) is 4.60 Å². The second-order valence-corrected chi connectivity index (χ2v) is 2.16. The maximum atomic E-state index is 10.5. The van der Waals surface area contributed by atoms with E-state index in [-0.39, 0.29) is 17.0 Å². The molecule has 0 unspecified atom stereocenters. The average Bonchev–Trinajstić information content (AvgIpc) is 1.77. The van der Waals surface area contributed by atoms with E-state index in [0.717, 1.165) is 4.73 Å². The van der Waals surface area contributed by atoms with E-state index in [1.807, 2.05) is 0 Å². The van der Waals surface area contributed by atoms with E-state index in [2.05, 4.69) is 15.9 Å². The molecular formula is C5H5Br2NO. The third-order valence-electron chi connectivity index (χ3n) is 0.777. The quantitative estimate of drug-likeness (QED) is 0.393. The fourth-order valence-electron chi connectivity index (χ4n) is 0.407. The topological polar surface area (TPSA) is 26.9 Å². The van der Waals surface area contributed by atoms with Gasteiger partial charge in [-0.05, 0) is 6.07 Å². The van der Waals surface area contributed by atoms with Crippen LogP contribution >= 0.6 is 32.9 Å². The van der Waals surface area contributed by atoms with E-state index in [0.29, 0.717) is 4.60 Å². The van der Waals surface area contributed by atoms with Crippen molar-refractivity contribution < 1.29 is 4.73 Å². The first-order chi connectivity index (χ1) is 3.80. The molecule has 1 heterocycles. The van der Waals surface area contributed by atoms with Gasteiger partial charge < -0.3 is 5.21 Å². The van der Waals surface area contributed by atoms with Gasteiger partial charge in [-0.15, -0.1) is 17.0 Å². The lowest BCUT2D eigenvalue weighted by molar-refractivity contribution is -0.617. The van der Waals surface area contributed by atoms with E-state index in [1.165, 1.54) is 6.20 Å². The second kappa shape index (κ2) is 3.85. The molecule has 0 fully saturated rings. The van der Waals surface area contributed by atoms with Crippen LogP contribution in [0.1, 0.15) is 0 Å². The first-order valence-corrected chi connectivity index (χ1v) is 2.94. The van der Waals surface area contributed by atoms with Crippen LogP contribution in [-0.2, 0) is 0 Å². The van der Waals surface area contributed by atoms with E-state index < -0.39 is 0 Å². The Morgan fingerprint density at radius 3 is 2.44 bits per heavy atom. The largest absolute Gasteiger partial charge is 0.618 e. The molecular weight excluding hydrogens is 250 g/mol. The van der Waals surface area contributed by atoms with Crippen LogP contribution in [0.3, 0.4) is 0 Å². The second-order valence-electron chi connectivity index (χ2n) is 1.35. The minimum atomic E-state index is 0. The Labute approximate surface area is 72.0 Å². The molecule has 0 amide bonds. The fourth-order valence-corrected chi connectivity index (χ4v) is 0.678. The minimum Gasteiger partial charge on any atom is -0.618 e. The highest BCUT2D eigenvalue weighted by Gasteiger charge is 1.92. The van der Waals surface area contributed by atoms with Crippen LogP contribution in [0.4, 0.5) is 0 Å². The molecule has 2 nitrogen and oxygen atoms in total. The molecule has 1 aromatic rings. The smallest absolute Gasteiger partial charge is 0.259 e. The third-order valence-corrected chi connectivity index (χ3v) is 1.39. The summed E-state index contributed by atoms with van der Waals surface area (Å²) in [5.41, 5.74) is 0. The van der Waals surface area contributed by atoms with Crippen molar-refractivity contribution in [3.63, 3.8) is 0 Å². The summed E-state index contributed by atoms with van der Waals surface area (Å²) in [7, 11) is 0. The van der Waals surface area contributed by atoms with Crippen LogP contribution in [0, 0.1) is 5.21 Å². The number of hydrogen-bond donors (Lipinski definition) is 0. The monoisotopic (exact) mass is 253 g/mol. The molecule has 0 spiro atoms. The number of aromatic nitrogens is 1. The molecule has 0 saturated carbocycles. The third kappa shape index (κ3) is 2.32. The zero-order chi connectivity index (χ0) is 5.98. The highest BCUT2D eigenvalue weighted by molar-refractivity contribution is 9.10. The van der Waals surface area contributed by atoms with Crippen molar-refractivity contribution in [2.24, 2.45) is 0 Å². The highest BCUT2D eigenvalue weighted by Crippen LogP contribution is 1.98. The average molecular weight is 255 g/mol. The van der Waals surface area contributed by atoms with Crippen LogP contribution in [-0.4, -0.2) is 0 Å². The number of hydrogen-bond acceptors (Lipinski definition) is 1. The first-order valence-electron chi connectivity index (χ1n) is 2.14. The number of pyridine rings is 1. The standard InChI is InChI=1S/C5H4BrNO.BrH/c6-5-3-1-2-4-7(5)8;/h1-4H;1H. The zero-order valence-electron chi connectivity index (χ0n) is 4.45. The molecule has 0 saturated heterocycles. The predicted molar refractivity (Wildman–Crippen MR) is 43.4 cm³/mol. The summed E-state index contributed by atoms with van der Waals surface area (Å²) >= 11 is 3.05. The zero-order valence-corrected chi connectivity index (χ0v) is 7.75. The minimum absolute atomic E-state index is 0. The Balaban J connectivity index is 0.000000640. The Morgan fingerprint density at radius 1 is 1.44 bits per heavy atom. The van der Waals surface area contributed by atoms with Gasteiger partial charge in [0, 0.05) is 28.1 Å². The summed E-state index contributed by atoms with van der Waals surface area (Å²) in [6.07, 6.45) is 1.43. The van der Waals surface area contributed by atoms with Gasteiger partial charge in [-0.2, -0.15) is 4.73 Å². The molecule has 0 radical (unpaired) electrons. The SMILES string of the molecule is Br.[O-][n+]1ccccc1Br. The normalized spacial score (nSPS) is 8.11. The lowest BCUT2D eigenvalue weighted by atomic mass is 10.5. The van der Waals surface area contributed by atoms with Gasteiger partial charge in [0.1, 0.15) is 0 Å². The summed E-state index contributed by atoms with van der Waals surface area (Å²) < 4.78 is 1.29. The van der Waals surface area contributed by atoms with Gasteiger partial charge in [0.05, 0.1) is 0 Å². The molecule has 9 heavy (non-hydrogen) atoms. The molecule has 1 aromatic heterocycles. The summed E-state index contributed by atoms with van der Waals surface area (Å²) in [6, 6.07) is 5.16. The van der Waals surface area contributed by atoms with Crippen molar-refractivity contribution in [1.82, 2.24) is 0 Å². The van der Waals surface area contributed by atoms with Gasteiger partial charge in [0.15, 0.2) is 6.20 Å². The molecule has 0 aromatic carbocycles. The molecule has 0 N–H and O–H groups in total. The van der Waals surface area contributed by atoms with Gasteiger partial charge in [0.2, 0.25) is 0 Å². The van der Waals surface area contributed by atoms with Crippen molar-refractivity contribution in [3.05, 3.63) is 34.2 Å². The Hall–Kier alpha value is -0.0900. The molecule has 0 aliphatic rings. The first kappa shape index (κ1) is 8.91. The summed E-state index contributed by atoms with van der Waals surface area (Å²) in [5.74, 6) is 0. The molecule has 4 heteroatoms.